The number of aryl methyl sites for hydroxylation is 2. The molecule has 0 amide bonds. The van der Waals surface area contributed by atoms with Gasteiger partial charge in [0.15, 0.2) is 18.9 Å². The van der Waals surface area contributed by atoms with Crippen LogP contribution in [0, 0.1) is 13.8 Å². The van der Waals surface area contributed by atoms with Crippen molar-refractivity contribution in [1.82, 2.24) is 4.90 Å². The van der Waals surface area contributed by atoms with Crippen molar-refractivity contribution in [3.63, 3.8) is 0 Å². The first-order valence-electron chi connectivity index (χ1n) is 10.0. The number of phenolic OH excluding ortho intramolecular Hbond substituents is 1. The monoisotopic (exact) mass is 396 g/mol. The van der Waals surface area contributed by atoms with Gasteiger partial charge in [0.25, 0.3) is 0 Å². The highest BCUT2D eigenvalue weighted by Crippen LogP contribution is 2.44. The van der Waals surface area contributed by atoms with E-state index in [1.54, 1.807) is 6.07 Å². The zero-order valence-corrected chi connectivity index (χ0v) is 18.0. The highest BCUT2D eigenvalue weighted by Gasteiger charge is 2.25. The maximum Gasteiger partial charge on any atom is 0.176 e. The summed E-state index contributed by atoms with van der Waals surface area (Å²) in [6.07, 6.45) is 5.49. The molecular weight excluding hydrogens is 368 g/mol. The number of hydrogen-bond donors (Lipinski definition) is 1. The highest BCUT2D eigenvalue weighted by molar-refractivity contribution is 5.97. The van der Waals surface area contributed by atoms with Gasteiger partial charge in [0.2, 0.25) is 0 Å². The summed E-state index contributed by atoms with van der Waals surface area (Å²) in [6, 6.07) is 8.08. The summed E-state index contributed by atoms with van der Waals surface area (Å²) in [7, 11) is 0. The molecule has 1 aliphatic rings. The second-order valence-electron chi connectivity index (χ2n) is 7.66. The average molecular weight is 397 g/mol. The number of likely N-dealkylation sites (N-methyl/N-ethyl adjacent to an activating group) is 1. The van der Waals surface area contributed by atoms with Gasteiger partial charge >= 0.3 is 0 Å². The summed E-state index contributed by atoms with van der Waals surface area (Å²) in [4.78, 5) is 2.46. The number of pyridine rings is 1. The lowest BCUT2D eigenvalue weighted by Gasteiger charge is -2.16. The summed E-state index contributed by atoms with van der Waals surface area (Å²) >= 11 is 0. The van der Waals surface area contributed by atoms with Gasteiger partial charge in [0.05, 0.1) is 6.54 Å². The maximum absolute atomic E-state index is 10.00. The summed E-state index contributed by atoms with van der Waals surface area (Å²) in [6.45, 7) is 13.2. The molecule has 0 saturated heterocycles. The fourth-order valence-corrected chi connectivity index (χ4v) is 4.54. The molecule has 148 valence electrons. The third kappa shape index (κ3) is 3.38. The van der Waals surface area contributed by atoms with Gasteiger partial charge in [0.1, 0.15) is 5.75 Å². The van der Waals surface area contributed by atoms with Crippen molar-refractivity contribution in [2.45, 2.75) is 40.7 Å². The van der Waals surface area contributed by atoms with E-state index in [1.807, 2.05) is 6.07 Å². The molecule has 0 aliphatic heterocycles. The summed E-state index contributed by atoms with van der Waals surface area (Å²) in [5, 5.41) is 12.7. The van der Waals surface area contributed by atoms with Gasteiger partial charge in [-0.1, -0.05) is 19.9 Å². The quantitative estimate of drug-likeness (QED) is 0.516. The number of benzene rings is 2. The van der Waals surface area contributed by atoms with E-state index >= 15 is 0 Å². The molecule has 1 aliphatic carbocycles. The molecule has 1 N–H and O–H groups in total. The molecule has 0 bridgehead atoms. The van der Waals surface area contributed by atoms with Crippen LogP contribution >= 0.6 is 0 Å². The highest BCUT2D eigenvalue weighted by atomic mass is 35.5. The Kier molecular flexibility index (Phi) is 5.97. The molecule has 4 rings (SSSR count). The molecule has 0 saturated carbocycles. The van der Waals surface area contributed by atoms with Gasteiger partial charge in [-0.15, -0.1) is 0 Å². The molecule has 0 radical (unpaired) electrons. The van der Waals surface area contributed by atoms with Gasteiger partial charge in [0, 0.05) is 11.5 Å². The van der Waals surface area contributed by atoms with E-state index in [0.717, 1.165) is 32.6 Å². The van der Waals surface area contributed by atoms with Crippen LogP contribution in [0.4, 0.5) is 0 Å². The Hall–Kier alpha value is -2.10. The molecule has 4 heteroatoms. The minimum Gasteiger partial charge on any atom is -1.00 e. The first-order valence-corrected chi connectivity index (χ1v) is 10.0. The van der Waals surface area contributed by atoms with Gasteiger partial charge in [-0.3, -0.25) is 4.90 Å². The van der Waals surface area contributed by atoms with Crippen LogP contribution in [-0.4, -0.2) is 29.6 Å². The predicted octanol–water partition coefficient (Wildman–Crippen LogP) is 1.37. The Morgan fingerprint density at radius 2 is 1.79 bits per heavy atom. The fourth-order valence-electron chi connectivity index (χ4n) is 4.54. The van der Waals surface area contributed by atoms with Crippen molar-refractivity contribution >= 4 is 10.8 Å². The van der Waals surface area contributed by atoms with E-state index in [0.29, 0.717) is 5.75 Å². The molecule has 0 spiro atoms. The average Bonchev–Trinajstić information content (AvgIpc) is 3.06. The van der Waals surface area contributed by atoms with E-state index in [1.165, 1.54) is 44.2 Å². The number of phenols is 1. The Balaban J connectivity index is 0.00000225. The number of rotatable bonds is 5. The normalized spacial score (nSPS) is 12.2. The van der Waals surface area contributed by atoms with E-state index in [4.69, 9.17) is 0 Å². The number of hydrogen-bond acceptors (Lipinski definition) is 2. The van der Waals surface area contributed by atoms with Crippen molar-refractivity contribution in [1.29, 1.82) is 0 Å². The zero-order valence-electron chi connectivity index (χ0n) is 17.2. The molecule has 28 heavy (non-hydrogen) atoms. The van der Waals surface area contributed by atoms with Gasteiger partial charge < -0.3 is 17.5 Å². The van der Waals surface area contributed by atoms with Crippen molar-refractivity contribution in [2.75, 3.05) is 19.6 Å². The van der Waals surface area contributed by atoms with Crippen LogP contribution in [0.25, 0.3) is 21.9 Å². The first-order chi connectivity index (χ1) is 13.0. The van der Waals surface area contributed by atoms with Crippen LogP contribution in [0.3, 0.4) is 0 Å². The van der Waals surface area contributed by atoms with Gasteiger partial charge in [-0.05, 0) is 84.3 Å². The standard InChI is InChI=1S/C24H28N2O.ClH/c1-5-25(6-2)11-12-26-10-9-20-16(3)21-13-18-7-8-19(27)14-22(18)24(21)17(4)23(20)15-26;/h7-10,14-15H,5-6,11-13H2,1-4H3;1H. The van der Waals surface area contributed by atoms with Crippen LogP contribution in [0.15, 0.2) is 36.7 Å². The smallest absolute Gasteiger partial charge is 0.176 e. The van der Waals surface area contributed by atoms with Crippen LogP contribution < -0.4 is 17.0 Å². The van der Waals surface area contributed by atoms with Gasteiger partial charge in [-0.2, -0.15) is 0 Å². The second-order valence-corrected chi connectivity index (χ2v) is 7.66. The van der Waals surface area contributed by atoms with E-state index < -0.39 is 0 Å². The van der Waals surface area contributed by atoms with E-state index in [-0.39, 0.29) is 12.4 Å². The third-order valence-corrected chi connectivity index (χ3v) is 6.25. The Bertz CT molecular complexity index is 1030. The lowest BCUT2D eigenvalue weighted by Crippen LogP contribution is -3.00. The fraction of sp³-hybridized carbons (Fsp3) is 0.375. The van der Waals surface area contributed by atoms with Crippen LogP contribution in [-0.2, 0) is 13.0 Å². The van der Waals surface area contributed by atoms with Crippen LogP contribution in [0.5, 0.6) is 5.75 Å². The first kappa shape index (κ1) is 20.6. The zero-order chi connectivity index (χ0) is 19.1. The lowest BCUT2D eigenvalue weighted by molar-refractivity contribution is -0.695. The summed E-state index contributed by atoms with van der Waals surface area (Å²) in [5.41, 5.74) is 7.96. The van der Waals surface area contributed by atoms with Crippen molar-refractivity contribution in [3.05, 3.63) is 58.9 Å². The largest absolute Gasteiger partial charge is 1.00 e. The maximum atomic E-state index is 10.00. The molecule has 2 aromatic carbocycles. The Morgan fingerprint density at radius 3 is 2.50 bits per heavy atom. The predicted molar refractivity (Wildman–Crippen MR) is 111 cm³/mol. The lowest BCUT2D eigenvalue weighted by atomic mass is 9.91. The number of halogens is 1. The van der Waals surface area contributed by atoms with E-state index in [2.05, 4.69) is 61.7 Å². The minimum atomic E-state index is 0. The van der Waals surface area contributed by atoms with Crippen molar-refractivity contribution < 1.29 is 22.1 Å². The van der Waals surface area contributed by atoms with Crippen LogP contribution in [0.2, 0.25) is 0 Å². The van der Waals surface area contributed by atoms with Crippen molar-refractivity contribution in [2.24, 2.45) is 0 Å². The molecule has 0 atom stereocenters. The molecule has 0 unspecified atom stereocenters. The molecule has 1 aromatic heterocycles. The number of nitrogens with zero attached hydrogens (tertiary/aromatic N) is 2. The van der Waals surface area contributed by atoms with E-state index in [9.17, 15) is 5.11 Å². The van der Waals surface area contributed by atoms with Crippen LogP contribution in [0.1, 0.15) is 36.1 Å². The summed E-state index contributed by atoms with van der Waals surface area (Å²) < 4.78 is 2.32. The topological polar surface area (TPSA) is 27.4 Å². The Labute approximate surface area is 174 Å². The summed E-state index contributed by atoms with van der Waals surface area (Å²) in [5.74, 6) is 0.348. The molecule has 1 heterocycles. The van der Waals surface area contributed by atoms with Crippen molar-refractivity contribution in [3.8, 4) is 16.9 Å². The molecule has 0 fully saturated rings. The number of aromatic hydroxyl groups is 1. The SMILES string of the molecule is CCN(CC)CC[n+]1ccc2c(C)c3c(c(C)c2c1)-c1cc(O)ccc1C3.[Cl-]. The second kappa shape index (κ2) is 8.10. The molecular formula is C24H29ClN2O. The third-order valence-electron chi connectivity index (χ3n) is 6.25. The van der Waals surface area contributed by atoms with Gasteiger partial charge in [-0.25, -0.2) is 4.57 Å². The number of fused-ring (bicyclic) bond motifs is 4. The number of aromatic nitrogens is 1. The molecule has 3 aromatic rings. The minimum absolute atomic E-state index is 0. The molecule has 3 nitrogen and oxygen atoms in total. The Morgan fingerprint density at radius 1 is 1.04 bits per heavy atom.